The Balaban J connectivity index is 1.24. The van der Waals surface area contributed by atoms with Crippen molar-refractivity contribution in [3.05, 3.63) is 161 Å². The van der Waals surface area contributed by atoms with Crippen LogP contribution in [-0.2, 0) is 5.41 Å². The summed E-state index contributed by atoms with van der Waals surface area (Å²) in [6.45, 7) is 0. The summed E-state index contributed by atoms with van der Waals surface area (Å²) in [4.78, 5) is 2.09. The average molecular weight is 658 g/mol. The highest BCUT2D eigenvalue weighted by Crippen LogP contribution is 2.70. The summed E-state index contributed by atoms with van der Waals surface area (Å²) in [5, 5.41) is 0.629. The molecule has 0 aromatic heterocycles. The Morgan fingerprint density at radius 2 is 1.12 bits per heavy atom. The highest BCUT2D eigenvalue weighted by Gasteiger charge is 2.61. The van der Waals surface area contributed by atoms with Crippen molar-refractivity contribution < 1.29 is 4.39 Å². The Morgan fingerprint density at radius 3 is 1.80 bits per heavy atom. The molecule has 240 valence electrons. The summed E-state index contributed by atoms with van der Waals surface area (Å²) >= 11 is 7.46. The first-order chi connectivity index (χ1) is 24.1. The van der Waals surface area contributed by atoms with E-state index in [1.807, 2.05) is 66.7 Å². The van der Waals surface area contributed by atoms with Crippen LogP contribution in [0.3, 0.4) is 0 Å². The number of hydrogen-bond acceptors (Lipinski definition) is 1. The number of halogens is 2. The number of benzene rings is 6. The first-order valence-corrected chi connectivity index (χ1v) is 18.2. The minimum absolute atomic E-state index is 0.0288. The molecule has 0 N–H and O–H groups in total. The van der Waals surface area contributed by atoms with Crippen molar-refractivity contribution >= 4 is 28.7 Å². The van der Waals surface area contributed by atoms with E-state index in [9.17, 15) is 0 Å². The van der Waals surface area contributed by atoms with Gasteiger partial charge in [0.15, 0.2) is 0 Å². The molecule has 0 radical (unpaired) electrons. The van der Waals surface area contributed by atoms with Crippen LogP contribution >= 0.6 is 11.6 Å². The van der Waals surface area contributed by atoms with Gasteiger partial charge in [0.2, 0.25) is 0 Å². The fourth-order valence-electron chi connectivity index (χ4n) is 10.8. The molecule has 11 rings (SSSR count). The number of fused-ring (bicyclic) bond motifs is 3. The molecule has 0 amide bonds. The van der Waals surface area contributed by atoms with Crippen molar-refractivity contribution in [2.45, 2.75) is 37.5 Å². The van der Waals surface area contributed by atoms with E-state index in [1.54, 1.807) is 6.07 Å². The molecule has 3 heteroatoms. The van der Waals surface area contributed by atoms with Gasteiger partial charge in [-0.1, -0.05) is 115 Å². The molecule has 4 bridgehead atoms. The summed E-state index contributed by atoms with van der Waals surface area (Å²) in [7, 11) is 0. The first kappa shape index (κ1) is 29.3. The van der Waals surface area contributed by atoms with Crippen LogP contribution in [0, 0.1) is 29.5 Å². The third-order valence-electron chi connectivity index (χ3n) is 12.4. The molecule has 4 saturated carbocycles. The molecule has 49 heavy (non-hydrogen) atoms. The summed E-state index contributed by atoms with van der Waals surface area (Å²) in [6, 6.07) is 47.9. The third kappa shape index (κ3) is 4.36. The molecule has 0 heterocycles. The van der Waals surface area contributed by atoms with Crippen molar-refractivity contribution in [2.75, 3.05) is 4.90 Å². The van der Waals surface area contributed by atoms with Gasteiger partial charge in [-0.05, 0) is 131 Å². The normalized spacial score (nSPS) is 24.2. The second-order valence-electron chi connectivity index (χ2n) is 14.8. The number of rotatable bonds is 5. The molecule has 6 aromatic rings. The highest BCUT2D eigenvalue weighted by atomic mass is 35.5. The first-order valence-electron chi connectivity index (χ1n) is 17.8. The molecule has 0 atom stereocenters. The average Bonchev–Trinajstić information content (AvgIpc) is 3.41. The van der Waals surface area contributed by atoms with Crippen molar-refractivity contribution in [1.29, 1.82) is 0 Å². The SMILES string of the molecule is Fc1cc(-c2ccccc2)cc(-c2ccccc2)c1N(c1ccccc1)c1cc2c(cc1Cl)-c1ccccc1C21C2CC3CC(C2)CC1C3. The van der Waals surface area contributed by atoms with E-state index in [0.717, 1.165) is 45.5 Å². The molecule has 0 unspecified atom stereocenters. The lowest BCUT2D eigenvalue weighted by Crippen LogP contribution is -2.55. The smallest absolute Gasteiger partial charge is 0.148 e. The maximum absolute atomic E-state index is 17.2. The largest absolute Gasteiger partial charge is 0.306 e. The second-order valence-corrected chi connectivity index (χ2v) is 15.2. The van der Waals surface area contributed by atoms with E-state index < -0.39 is 0 Å². The summed E-state index contributed by atoms with van der Waals surface area (Å²) in [6.07, 6.45) is 6.61. The Morgan fingerprint density at radius 1 is 0.531 bits per heavy atom. The Labute approximate surface area is 293 Å². The molecule has 5 aliphatic rings. The molecular formula is C46H37ClFN. The second kappa shape index (κ2) is 11.2. The van der Waals surface area contributed by atoms with E-state index in [0.29, 0.717) is 22.5 Å². The fraction of sp³-hybridized carbons (Fsp3) is 0.217. The topological polar surface area (TPSA) is 3.24 Å². The highest BCUT2D eigenvalue weighted by molar-refractivity contribution is 6.34. The summed E-state index contributed by atoms with van der Waals surface area (Å²) in [5.74, 6) is 2.65. The van der Waals surface area contributed by atoms with Crippen LogP contribution in [0.2, 0.25) is 5.02 Å². The van der Waals surface area contributed by atoms with Crippen molar-refractivity contribution in [3.63, 3.8) is 0 Å². The quantitative estimate of drug-likeness (QED) is 0.178. The minimum atomic E-state index is -0.284. The van der Waals surface area contributed by atoms with Crippen LogP contribution in [0.15, 0.2) is 140 Å². The third-order valence-corrected chi connectivity index (χ3v) is 12.7. The van der Waals surface area contributed by atoms with E-state index in [2.05, 4.69) is 71.6 Å². The van der Waals surface area contributed by atoms with Gasteiger partial charge >= 0.3 is 0 Å². The van der Waals surface area contributed by atoms with Gasteiger partial charge in [0, 0.05) is 16.7 Å². The summed E-state index contributed by atoms with van der Waals surface area (Å²) in [5.41, 5.74) is 11.3. The van der Waals surface area contributed by atoms with E-state index in [1.165, 1.54) is 54.4 Å². The number of nitrogens with zero attached hydrogens (tertiary/aromatic N) is 1. The maximum Gasteiger partial charge on any atom is 0.148 e. The predicted octanol–water partition coefficient (Wildman–Crippen LogP) is 13.0. The molecule has 4 fully saturated rings. The van der Waals surface area contributed by atoms with Crippen LogP contribution in [-0.4, -0.2) is 0 Å². The Hall–Kier alpha value is -4.66. The minimum Gasteiger partial charge on any atom is -0.306 e. The molecule has 1 nitrogen and oxygen atoms in total. The Kier molecular flexibility index (Phi) is 6.68. The van der Waals surface area contributed by atoms with Crippen LogP contribution in [0.1, 0.15) is 43.2 Å². The lowest BCUT2D eigenvalue weighted by Gasteiger charge is -2.61. The van der Waals surface area contributed by atoms with Gasteiger partial charge in [0.1, 0.15) is 5.82 Å². The van der Waals surface area contributed by atoms with Gasteiger partial charge in [-0.3, -0.25) is 0 Å². The standard InChI is InChI=1S/C46H37ClFN/c47-42-27-39-37-18-10-11-19-40(37)46(34-21-29-20-30(23-34)24-35(46)22-29)41(39)28-44(42)49(36-16-8-3-9-17-36)45-38(32-14-6-2-7-15-32)25-33(26-43(45)48)31-12-4-1-5-13-31/h1-19,25-30,34-35H,20-24H2. The van der Waals surface area contributed by atoms with Gasteiger partial charge in [-0.25, -0.2) is 4.39 Å². The van der Waals surface area contributed by atoms with Crippen LogP contribution in [0.25, 0.3) is 33.4 Å². The fourth-order valence-corrected chi connectivity index (χ4v) is 11.0. The van der Waals surface area contributed by atoms with E-state index in [4.69, 9.17) is 11.6 Å². The molecule has 5 aliphatic carbocycles. The van der Waals surface area contributed by atoms with Gasteiger partial charge < -0.3 is 4.90 Å². The summed E-state index contributed by atoms with van der Waals surface area (Å²) < 4.78 is 17.2. The lowest BCUT2D eigenvalue weighted by atomic mass is 9.43. The molecule has 0 saturated heterocycles. The van der Waals surface area contributed by atoms with Crippen LogP contribution in [0.5, 0.6) is 0 Å². The van der Waals surface area contributed by atoms with Gasteiger partial charge in [0.25, 0.3) is 0 Å². The zero-order valence-corrected chi connectivity index (χ0v) is 28.1. The molecule has 1 spiro atoms. The molecule has 0 aliphatic heterocycles. The van der Waals surface area contributed by atoms with Crippen molar-refractivity contribution in [2.24, 2.45) is 23.7 Å². The number of para-hydroxylation sites is 1. The van der Waals surface area contributed by atoms with Gasteiger partial charge in [-0.15, -0.1) is 0 Å². The van der Waals surface area contributed by atoms with Crippen LogP contribution < -0.4 is 4.90 Å². The molecule has 6 aromatic carbocycles. The number of hydrogen-bond donors (Lipinski definition) is 0. The lowest BCUT2D eigenvalue weighted by molar-refractivity contribution is -0.0399. The zero-order valence-electron chi connectivity index (χ0n) is 27.3. The monoisotopic (exact) mass is 657 g/mol. The van der Waals surface area contributed by atoms with Crippen molar-refractivity contribution in [3.8, 4) is 33.4 Å². The van der Waals surface area contributed by atoms with E-state index in [-0.39, 0.29) is 11.2 Å². The van der Waals surface area contributed by atoms with Gasteiger partial charge in [0.05, 0.1) is 16.4 Å². The predicted molar refractivity (Wildman–Crippen MR) is 200 cm³/mol. The van der Waals surface area contributed by atoms with E-state index >= 15 is 4.39 Å². The van der Waals surface area contributed by atoms with Crippen LogP contribution in [0.4, 0.5) is 21.5 Å². The maximum atomic E-state index is 17.2. The van der Waals surface area contributed by atoms with Gasteiger partial charge in [-0.2, -0.15) is 0 Å². The number of anilines is 3. The van der Waals surface area contributed by atoms with Crippen molar-refractivity contribution in [1.82, 2.24) is 0 Å². The molecular weight excluding hydrogens is 621 g/mol. The zero-order chi connectivity index (χ0) is 32.7. The Bertz CT molecular complexity index is 2180.